The number of amides is 1. The number of anilines is 1. The van der Waals surface area contributed by atoms with Crippen LogP contribution in [0.1, 0.15) is 33.1 Å². The average molecular weight is 289 g/mol. The number of hydrogen-bond donors (Lipinski definition) is 2. The van der Waals surface area contributed by atoms with Crippen LogP contribution in [0.15, 0.2) is 30.3 Å². The summed E-state index contributed by atoms with van der Waals surface area (Å²) < 4.78 is 0. The molecule has 0 aliphatic carbocycles. The molecule has 1 aliphatic rings. The minimum Gasteiger partial charge on any atom is -0.369 e. The van der Waals surface area contributed by atoms with Gasteiger partial charge in [0.05, 0.1) is 6.04 Å². The molecule has 3 N–H and O–H groups in total. The minimum atomic E-state index is -0.392. The Bertz CT molecular complexity index is 447. The van der Waals surface area contributed by atoms with Crippen LogP contribution >= 0.6 is 0 Å². The van der Waals surface area contributed by atoms with Crippen LogP contribution in [-0.2, 0) is 4.79 Å². The molecule has 0 aromatic heterocycles. The van der Waals surface area contributed by atoms with Gasteiger partial charge in [-0.25, -0.2) is 0 Å². The summed E-state index contributed by atoms with van der Waals surface area (Å²) in [6, 6.07) is 10.2. The Hall–Kier alpha value is -1.55. The first-order chi connectivity index (χ1) is 10.1. The molecular weight excluding hydrogens is 262 g/mol. The predicted octanol–water partition coefficient (Wildman–Crippen LogP) is 2.14. The lowest BCUT2D eigenvalue weighted by Crippen LogP contribution is -2.52. The van der Waals surface area contributed by atoms with Crippen LogP contribution in [0.3, 0.4) is 0 Å². The van der Waals surface area contributed by atoms with Crippen LogP contribution < -0.4 is 16.0 Å². The number of nitrogens with zero attached hydrogens (tertiary/aromatic N) is 1. The van der Waals surface area contributed by atoms with Crippen molar-refractivity contribution in [2.24, 2.45) is 11.7 Å². The molecule has 1 heterocycles. The second-order valence-electron chi connectivity index (χ2n) is 6.37. The number of nitrogens with one attached hydrogen (secondary N) is 1. The third-order valence-corrected chi connectivity index (χ3v) is 3.95. The fourth-order valence-corrected chi connectivity index (χ4v) is 2.89. The number of rotatable bonds is 5. The number of carbonyl (C=O) groups excluding carboxylic acids is 1. The van der Waals surface area contributed by atoms with Crippen molar-refractivity contribution in [3.05, 3.63) is 30.3 Å². The van der Waals surface area contributed by atoms with Crippen molar-refractivity contribution in [2.45, 2.75) is 45.2 Å². The van der Waals surface area contributed by atoms with Gasteiger partial charge < -0.3 is 16.0 Å². The first-order valence-electron chi connectivity index (χ1n) is 7.92. The lowest BCUT2D eigenvalue weighted by atomic mass is 10.0. The van der Waals surface area contributed by atoms with E-state index in [1.165, 1.54) is 5.69 Å². The van der Waals surface area contributed by atoms with Crippen LogP contribution in [0.2, 0.25) is 0 Å². The van der Waals surface area contributed by atoms with Gasteiger partial charge in [0.2, 0.25) is 5.91 Å². The Morgan fingerprint density at radius 1 is 1.38 bits per heavy atom. The predicted molar refractivity (Wildman–Crippen MR) is 87.3 cm³/mol. The number of para-hydroxylation sites is 1. The molecule has 1 aromatic rings. The van der Waals surface area contributed by atoms with Crippen molar-refractivity contribution >= 4 is 11.6 Å². The van der Waals surface area contributed by atoms with E-state index in [0.29, 0.717) is 5.92 Å². The van der Waals surface area contributed by atoms with Crippen molar-refractivity contribution in [1.29, 1.82) is 0 Å². The molecule has 116 valence electrons. The van der Waals surface area contributed by atoms with Gasteiger partial charge in [-0.15, -0.1) is 0 Å². The molecule has 0 radical (unpaired) electrons. The first kappa shape index (κ1) is 15.8. The number of benzene rings is 1. The van der Waals surface area contributed by atoms with Gasteiger partial charge in [0.1, 0.15) is 0 Å². The summed E-state index contributed by atoms with van der Waals surface area (Å²) >= 11 is 0. The molecular formula is C17H27N3O. The Kier molecular flexibility index (Phi) is 5.62. The van der Waals surface area contributed by atoms with Gasteiger partial charge in [0.15, 0.2) is 0 Å². The largest absolute Gasteiger partial charge is 0.369 e. The normalized spacial score (nSPS) is 20.4. The van der Waals surface area contributed by atoms with Gasteiger partial charge in [-0.1, -0.05) is 32.0 Å². The maximum Gasteiger partial charge on any atom is 0.237 e. The van der Waals surface area contributed by atoms with Crippen molar-refractivity contribution in [3.63, 3.8) is 0 Å². The average Bonchev–Trinajstić information content (AvgIpc) is 2.47. The molecule has 0 spiro atoms. The molecule has 2 atom stereocenters. The summed E-state index contributed by atoms with van der Waals surface area (Å²) in [5, 5.41) is 3.12. The van der Waals surface area contributed by atoms with Gasteiger partial charge in [0, 0.05) is 24.8 Å². The maximum absolute atomic E-state index is 12.1. The highest BCUT2D eigenvalue weighted by Gasteiger charge is 2.24. The molecule has 4 heteroatoms. The summed E-state index contributed by atoms with van der Waals surface area (Å²) in [5.41, 5.74) is 7.18. The van der Waals surface area contributed by atoms with Crippen LogP contribution in [0.5, 0.6) is 0 Å². The second-order valence-corrected chi connectivity index (χ2v) is 6.37. The highest BCUT2D eigenvalue weighted by Crippen LogP contribution is 2.19. The standard InChI is InChI=1S/C17H27N3O/c1-13(2)11-16(18)17(21)19-14-7-6-10-20(12-14)15-8-4-3-5-9-15/h3-5,8-9,13-14,16H,6-7,10-12,18H2,1-2H3,(H,19,21)/t14?,16-/m0/s1. The Morgan fingerprint density at radius 3 is 2.76 bits per heavy atom. The number of carbonyl (C=O) groups is 1. The SMILES string of the molecule is CC(C)C[C@H](N)C(=O)NC1CCCN(c2ccccc2)C1. The maximum atomic E-state index is 12.1. The Balaban J connectivity index is 1.88. The number of nitrogens with two attached hydrogens (primary N) is 1. The monoisotopic (exact) mass is 289 g/mol. The van der Waals surface area contributed by atoms with E-state index in [2.05, 4.69) is 48.3 Å². The number of piperidine rings is 1. The zero-order valence-corrected chi connectivity index (χ0v) is 13.1. The van der Waals surface area contributed by atoms with Crippen molar-refractivity contribution < 1.29 is 4.79 Å². The van der Waals surface area contributed by atoms with Gasteiger partial charge in [0.25, 0.3) is 0 Å². The zero-order chi connectivity index (χ0) is 15.2. The van der Waals surface area contributed by atoms with Gasteiger partial charge in [-0.3, -0.25) is 4.79 Å². The molecule has 2 rings (SSSR count). The van der Waals surface area contributed by atoms with Gasteiger partial charge >= 0.3 is 0 Å². The summed E-state index contributed by atoms with van der Waals surface area (Å²) in [6.07, 6.45) is 2.86. The molecule has 1 unspecified atom stereocenters. The van der Waals surface area contributed by atoms with Crippen LogP contribution in [0, 0.1) is 5.92 Å². The molecule has 1 aromatic carbocycles. The molecule has 4 nitrogen and oxygen atoms in total. The number of hydrogen-bond acceptors (Lipinski definition) is 3. The first-order valence-corrected chi connectivity index (χ1v) is 7.92. The lowest BCUT2D eigenvalue weighted by molar-refractivity contribution is -0.123. The summed E-state index contributed by atoms with van der Waals surface area (Å²) in [4.78, 5) is 14.5. The fourth-order valence-electron chi connectivity index (χ4n) is 2.89. The summed E-state index contributed by atoms with van der Waals surface area (Å²) in [5.74, 6) is 0.432. The quantitative estimate of drug-likeness (QED) is 0.873. The van der Waals surface area contributed by atoms with E-state index in [4.69, 9.17) is 5.73 Å². The molecule has 1 amide bonds. The van der Waals surface area contributed by atoms with Gasteiger partial charge in [-0.2, -0.15) is 0 Å². The molecule has 1 aliphatic heterocycles. The van der Waals surface area contributed by atoms with E-state index in [-0.39, 0.29) is 11.9 Å². The van der Waals surface area contributed by atoms with E-state index in [1.54, 1.807) is 0 Å². The topological polar surface area (TPSA) is 58.4 Å². The third kappa shape index (κ3) is 4.74. The van der Waals surface area contributed by atoms with Gasteiger partial charge in [-0.05, 0) is 37.3 Å². The third-order valence-electron chi connectivity index (χ3n) is 3.95. The molecule has 0 saturated carbocycles. The highest BCUT2D eigenvalue weighted by molar-refractivity contribution is 5.81. The zero-order valence-electron chi connectivity index (χ0n) is 13.1. The highest BCUT2D eigenvalue weighted by atomic mass is 16.2. The second kappa shape index (κ2) is 7.46. The van der Waals surface area contributed by atoms with E-state index in [1.807, 2.05) is 6.07 Å². The van der Waals surface area contributed by atoms with E-state index in [0.717, 1.165) is 32.4 Å². The van der Waals surface area contributed by atoms with Crippen molar-refractivity contribution in [3.8, 4) is 0 Å². The smallest absolute Gasteiger partial charge is 0.237 e. The summed E-state index contributed by atoms with van der Waals surface area (Å²) in [6.45, 7) is 6.09. The van der Waals surface area contributed by atoms with Crippen molar-refractivity contribution in [2.75, 3.05) is 18.0 Å². The summed E-state index contributed by atoms with van der Waals surface area (Å²) in [7, 11) is 0. The van der Waals surface area contributed by atoms with Crippen molar-refractivity contribution in [1.82, 2.24) is 5.32 Å². The van der Waals surface area contributed by atoms with E-state index in [9.17, 15) is 4.79 Å². The minimum absolute atomic E-state index is 0.0105. The van der Waals surface area contributed by atoms with Crippen LogP contribution in [0.25, 0.3) is 0 Å². The molecule has 0 bridgehead atoms. The van der Waals surface area contributed by atoms with Crippen LogP contribution in [-0.4, -0.2) is 31.1 Å². The van der Waals surface area contributed by atoms with E-state index >= 15 is 0 Å². The van der Waals surface area contributed by atoms with E-state index < -0.39 is 6.04 Å². The lowest BCUT2D eigenvalue weighted by Gasteiger charge is -2.35. The van der Waals surface area contributed by atoms with Crippen LogP contribution in [0.4, 0.5) is 5.69 Å². The molecule has 21 heavy (non-hydrogen) atoms. The fraction of sp³-hybridized carbons (Fsp3) is 0.588. The molecule has 1 fully saturated rings. The Labute approximate surface area is 127 Å². The molecule has 1 saturated heterocycles. The Morgan fingerprint density at radius 2 is 2.10 bits per heavy atom.